The Morgan fingerprint density at radius 2 is 1.76 bits per heavy atom. The van der Waals surface area contributed by atoms with Crippen molar-refractivity contribution in [2.45, 2.75) is 46.6 Å². The van der Waals surface area contributed by atoms with E-state index in [1.807, 2.05) is 4.90 Å². The Morgan fingerprint density at radius 3 is 2.29 bits per heavy atom. The smallest absolute Gasteiger partial charge is 0.149 e. The molecule has 1 unspecified atom stereocenters. The summed E-state index contributed by atoms with van der Waals surface area (Å²) >= 11 is 0. The second kappa shape index (κ2) is 6.30. The number of rotatable bonds is 2. The summed E-state index contributed by atoms with van der Waals surface area (Å²) in [5, 5.41) is 0. The fraction of sp³-hybridized carbons (Fsp3) is 0.647. The lowest BCUT2D eigenvalue weighted by atomic mass is 9.77. The lowest BCUT2D eigenvalue weighted by Crippen LogP contribution is -2.27. The van der Waals surface area contributed by atoms with E-state index in [2.05, 4.69) is 20.8 Å². The molecule has 1 aromatic carbocycles. The molecule has 1 aromatic rings. The highest BCUT2D eigenvalue weighted by Gasteiger charge is 2.28. The van der Waals surface area contributed by atoms with Crippen molar-refractivity contribution >= 4 is 5.69 Å². The number of hydrogen-bond acceptors (Lipinski definition) is 2. The zero-order valence-corrected chi connectivity index (χ0v) is 13.3. The predicted molar refractivity (Wildman–Crippen MR) is 83.3 cm³/mol. The van der Waals surface area contributed by atoms with Gasteiger partial charge in [-0.1, -0.05) is 20.8 Å². The van der Waals surface area contributed by atoms with Crippen LogP contribution in [0.2, 0.25) is 0 Å². The summed E-state index contributed by atoms with van der Waals surface area (Å²) in [5.41, 5.74) is 6.32. The average molecular weight is 296 g/mol. The predicted octanol–water partition coefficient (Wildman–Crippen LogP) is 4.08. The molecule has 0 spiro atoms. The van der Waals surface area contributed by atoms with Gasteiger partial charge in [0.05, 0.1) is 0 Å². The second-order valence-electron chi connectivity index (χ2n) is 7.09. The molecule has 0 aromatic heterocycles. The van der Waals surface area contributed by atoms with Crippen LogP contribution < -0.4 is 10.6 Å². The van der Waals surface area contributed by atoms with Crippen molar-refractivity contribution in [2.75, 3.05) is 18.0 Å². The lowest BCUT2D eigenvalue weighted by molar-refractivity contribution is 0.220. The molecule has 0 amide bonds. The van der Waals surface area contributed by atoms with Crippen molar-refractivity contribution in [1.82, 2.24) is 0 Å². The van der Waals surface area contributed by atoms with Gasteiger partial charge in [0.2, 0.25) is 0 Å². The SMILES string of the molecule is CC(C)(C)C1CCCN(c2c(F)cc(CN)cc2F)CC1. The summed E-state index contributed by atoms with van der Waals surface area (Å²) in [6.07, 6.45) is 3.06. The van der Waals surface area contributed by atoms with E-state index in [1.54, 1.807) is 0 Å². The van der Waals surface area contributed by atoms with Crippen LogP contribution >= 0.6 is 0 Å². The van der Waals surface area contributed by atoms with Crippen LogP contribution in [0.5, 0.6) is 0 Å². The molecule has 1 saturated heterocycles. The van der Waals surface area contributed by atoms with Gasteiger partial charge in [-0.2, -0.15) is 0 Å². The Morgan fingerprint density at radius 1 is 1.14 bits per heavy atom. The molecule has 21 heavy (non-hydrogen) atoms. The Hall–Kier alpha value is -1.16. The van der Waals surface area contributed by atoms with E-state index in [9.17, 15) is 8.78 Å². The van der Waals surface area contributed by atoms with Gasteiger partial charge in [0, 0.05) is 19.6 Å². The highest BCUT2D eigenvalue weighted by atomic mass is 19.1. The summed E-state index contributed by atoms with van der Waals surface area (Å²) in [5.74, 6) is -0.397. The summed E-state index contributed by atoms with van der Waals surface area (Å²) in [6, 6.07) is 2.70. The van der Waals surface area contributed by atoms with Crippen LogP contribution in [-0.2, 0) is 6.54 Å². The van der Waals surface area contributed by atoms with Crippen molar-refractivity contribution < 1.29 is 8.78 Å². The van der Waals surface area contributed by atoms with Gasteiger partial charge in [-0.05, 0) is 48.3 Å². The van der Waals surface area contributed by atoms with Crippen LogP contribution in [-0.4, -0.2) is 13.1 Å². The minimum atomic E-state index is -0.496. The Bertz CT molecular complexity index is 471. The molecular formula is C17H26F2N2. The van der Waals surface area contributed by atoms with Crippen molar-refractivity contribution in [2.24, 2.45) is 17.1 Å². The van der Waals surface area contributed by atoms with Crippen LogP contribution in [0.25, 0.3) is 0 Å². The Kier molecular flexibility index (Phi) is 4.87. The number of halogens is 2. The van der Waals surface area contributed by atoms with Gasteiger partial charge in [-0.15, -0.1) is 0 Å². The van der Waals surface area contributed by atoms with E-state index in [0.717, 1.165) is 19.3 Å². The first-order valence-electron chi connectivity index (χ1n) is 7.76. The van der Waals surface area contributed by atoms with Gasteiger partial charge in [0.25, 0.3) is 0 Å². The van der Waals surface area contributed by atoms with Crippen molar-refractivity contribution in [3.8, 4) is 0 Å². The molecule has 2 nitrogen and oxygen atoms in total. The summed E-state index contributed by atoms with van der Waals surface area (Å²) in [4.78, 5) is 1.86. The van der Waals surface area contributed by atoms with Crippen LogP contribution in [0.15, 0.2) is 12.1 Å². The van der Waals surface area contributed by atoms with Gasteiger partial charge < -0.3 is 10.6 Å². The number of nitrogens with two attached hydrogens (primary N) is 1. The molecule has 0 saturated carbocycles. The largest absolute Gasteiger partial charge is 0.367 e. The van der Waals surface area contributed by atoms with Crippen molar-refractivity contribution in [3.05, 3.63) is 29.3 Å². The highest BCUT2D eigenvalue weighted by Crippen LogP contribution is 2.36. The third-order valence-corrected chi connectivity index (χ3v) is 4.58. The molecule has 1 aliphatic rings. The fourth-order valence-corrected chi connectivity index (χ4v) is 3.22. The van der Waals surface area contributed by atoms with Crippen molar-refractivity contribution in [1.29, 1.82) is 0 Å². The monoisotopic (exact) mass is 296 g/mol. The van der Waals surface area contributed by atoms with Crippen LogP contribution in [0.1, 0.15) is 45.6 Å². The minimum Gasteiger partial charge on any atom is -0.367 e. The molecule has 1 atom stereocenters. The average Bonchev–Trinajstić information content (AvgIpc) is 2.63. The summed E-state index contributed by atoms with van der Waals surface area (Å²) in [6.45, 7) is 8.29. The molecule has 0 aliphatic carbocycles. The lowest BCUT2D eigenvalue weighted by Gasteiger charge is -2.30. The van der Waals surface area contributed by atoms with Crippen molar-refractivity contribution in [3.63, 3.8) is 0 Å². The number of anilines is 1. The quantitative estimate of drug-likeness (QED) is 0.891. The normalized spacial score (nSPS) is 20.5. The first-order chi connectivity index (χ1) is 9.82. The summed E-state index contributed by atoms with van der Waals surface area (Å²) in [7, 11) is 0. The molecule has 1 fully saturated rings. The van der Waals surface area contributed by atoms with Gasteiger partial charge in [-0.25, -0.2) is 8.78 Å². The molecular weight excluding hydrogens is 270 g/mol. The molecule has 118 valence electrons. The first kappa shape index (κ1) is 16.2. The van der Waals surface area contributed by atoms with E-state index in [0.29, 0.717) is 24.6 Å². The third-order valence-electron chi connectivity index (χ3n) is 4.58. The van der Waals surface area contributed by atoms with Crippen LogP contribution in [0, 0.1) is 23.0 Å². The first-order valence-corrected chi connectivity index (χ1v) is 7.76. The van der Waals surface area contributed by atoms with E-state index >= 15 is 0 Å². The third kappa shape index (κ3) is 3.73. The maximum Gasteiger partial charge on any atom is 0.149 e. The Labute approximate surface area is 126 Å². The standard InChI is InChI=1S/C17H26F2N2/c1-17(2,3)13-5-4-7-21(8-6-13)16-14(18)9-12(11-20)10-15(16)19/h9-10,13H,4-8,11,20H2,1-3H3. The van der Waals surface area contributed by atoms with Gasteiger partial charge in [-0.3, -0.25) is 0 Å². The van der Waals surface area contributed by atoms with Crippen LogP contribution in [0.3, 0.4) is 0 Å². The van der Waals surface area contributed by atoms with Gasteiger partial charge in [0.1, 0.15) is 17.3 Å². The van der Waals surface area contributed by atoms with E-state index in [1.165, 1.54) is 12.1 Å². The zero-order chi connectivity index (χ0) is 15.6. The summed E-state index contributed by atoms with van der Waals surface area (Å²) < 4.78 is 28.4. The maximum atomic E-state index is 14.2. The molecule has 1 aliphatic heterocycles. The van der Waals surface area contributed by atoms with E-state index in [-0.39, 0.29) is 17.6 Å². The number of hydrogen-bond donors (Lipinski definition) is 1. The van der Waals surface area contributed by atoms with Gasteiger partial charge >= 0.3 is 0 Å². The second-order valence-corrected chi connectivity index (χ2v) is 7.09. The van der Waals surface area contributed by atoms with E-state index in [4.69, 9.17) is 5.73 Å². The molecule has 0 radical (unpaired) electrons. The number of nitrogens with zero attached hydrogens (tertiary/aromatic N) is 1. The highest BCUT2D eigenvalue weighted by molar-refractivity contribution is 5.51. The molecule has 1 heterocycles. The Balaban J connectivity index is 2.20. The van der Waals surface area contributed by atoms with Gasteiger partial charge in [0.15, 0.2) is 0 Å². The zero-order valence-electron chi connectivity index (χ0n) is 13.3. The van der Waals surface area contributed by atoms with Crippen LogP contribution in [0.4, 0.5) is 14.5 Å². The topological polar surface area (TPSA) is 29.3 Å². The number of benzene rings is 1. The van der Waals surface area contributed by atoms with E-state index < -0.39 is 11.6 Å². The molecule has 2 N–H and O–H groups in total. The fourth-order valence-electron chi connectivity index (χ4n) is 3.22. The molecule has 4 heteroatoms. The molecule has 0 bridgehead atoms. The maximum absolute atomic E-state index is 14.2. The molecule has 2 rings (SSSR count). The minimum absolute atomic E-state index is 0.113.